The Bertz CT molecular complexity index is 475. The molecule has 0 radical (unpaired) electrons. The zero-order chi connectivity index (χ0) is 11.4. The Morgan fingerprint density at radius 3 is 2.47 bits per heavy atom. The molecular formula is C12H18N4S. The lowest BCUT2D eigenvalue weighted by Gasteiger charge is -2.18. The summed E-state index contributed by atoms with van der Waals surface area (Å²) < 4.78 is 3.05. The number of anilines is 1. The summed E-state index contributed by atoms with van der Waals surface area (Å²) >= 11 is 5.34. The first-order valence-corrected chi connectivity index (χ1v) is 7.15. The minimum atomic E-state index is 0.622. The zero-order valence-corrected chi connectivity index (χ0v) is 10.7. The maximum Gasteiger partial charge on any atom is 0.225 e. The second-order valence-electron chi connectivity index (χ2n) is 5.79. The van der Waals surface area contributed by atoms with Crippen molar-refractivity contribution in [2.75, 3.05) is 18.0 Å². The molecule has 4 rings (SSSR count). The standard InChI is InChI=1S/C12H18N4S/c17-12-14-13-11(16(12)10-4-5-10)15-6-8-2-1-3-9(8)7-15/h8-10H,1-7H2,(H,14,17). The van der Waals surface area contributed by atoms with Crippen molar-refractivity contribution in [3.05, 3.63) is 4.77 Å². The Kier molecular flexibility index (Phi) is 2.13. The van der Waals surface area contributed by atoms with E-state index in [0.717, 1.165) is 22.6 Å². The van der Waals surface area contributed by atoms with Crippen LogP contribution in [0, 0.1) is 16.6 Å². The lowest BCUT2D eigenvalue weighted by molar-refractivity contribution is 0.494. The molecular weight excluding hydrogens is 232 g/mol. The van der Waals surface area contributed by atoms with Crippen LogP contribution in [0.4, 0.5) is 5.95 Å². The van der Waals surface area contributed by atoms with Crippen LogP contribution >= 0.6 is 12.2 Å². The van der Waals surface area contributed by atoms with E-state index in [4.69, 9.17) is 12.2 Å². The maximum atomic E-state index is 5.34. The van der Waals surface area contributed by atoms with Crippen LogP contribution in [-0.2, 0) is 0 Å². The highest BCUT2D eigenvalue weighted by molar-refractivity contribution is 7.71. The summed E-state index contributed by atoms with van der Waals surface area (Å²) in [6.07, 6.45) is 6.78. The first kappa shape index (κ1) is 10.1. The van der Waals surface area contributed by atoms with E-state index in [2.05, 4.69) is 19.7 Å². The molecule has 1 aliphatic heterocycles. The predicted molar refractivity (Wildman–Crippen MR) is 68.7 cm³/mol. The second-order valence-corrected chi connectivity index (χ2v) is 6.17. The Hall–Kier alpha value is -0.840. The largest absolute Gasteiger partial charge is 0.340 e. The van der Waals surface area contributed by atoms with Gasteiger partial charge in [-0.05, 0) is 49.7 Å². The average molecular weight is 250 g/mol. The fourth-order valence-electron chi connectivity index (χ4n) is 3.58. The van der Waals surface area contributed by atoms with Gasteiger partial charge in [0, 0.05) is 19.1 Å². The van der Waals surface area contributed by atoms with Gasteiger partial charge in [-0.2, -0.15) is 0 Å². The number of aromatic amines is 1. The molecule has 2 unspecified atom stereocenters. The number of rotatable bonds is 2. The van der Waals surface area contributed by atoms with Crippen LogP contribution in [-0.4, -0.2) is 27.9 Å². The van der Waals surface area contributed by atoms with E-state index < -0.39 is 0 Å². The molecule has 2 heterocycles. The number of fused-ring (bicyclic) bond motifs is 1. The smallest absolute Gasteiger partial charge is 0.225 e. The normalized spacial score (nSPS) is 32.1. The molecule has 0 aromatic carbocycles. The number of hydrogen-bond acceptors (Lipinski definition) is 3. The van der Waals surface area contributed by atoms with Crippen molar-refractivity contribution >= 4 is 18.2 Å². The molecule has 2 atom stereocenters. The Morgan fingerprint density at radius 2 is 1.82 bits per heavy atom. The minimum absolute atomic E-state index is 0.622. The van der Waals surface area contributed by atoms with Gasteiger partial charge in [0.1, 0.15) is 0 Å². The summed E-state index contributed by atoms with van der Waals surface area (Å²) in [5.41, 5.74) is 0. The molecule has 17 heavy (non-hydrogen) atoms. The highest BCUT2D eigenvalue weighted by atomic mass is 32.1. The maximum absolute atomic E-state index is 5.34. The van der Waals surface area contributed by atoms with Gasteiger partial charge in [-0.25, -0.2) is 5.10 Å². The van der Waals surface area contributed by atoms with Crippen LogP contribution in [0.5, 0.6) is 0 Å². The Morgan fingerprint density at radius 1 is 1.12 bits per heavy atom. The first-order valence-electron chi connectivity index (χ1n) is 6.75. The zero-order valence-electron chi connectivity index (χ0n) is 9.93. The molecule has 92 valence electrons. The van der Waals surface area contributed by atoms with E-state index in [9.17, 15) is 0 Å². The average Bonchev–Trinajstić information content (AvgIpc) is 2.73. The first-order chi connectivity index (χ1) is 8.33. The van der Waals surface area contributed by atoms with Crippen molar-refractivity contribution in [1.82, 2.24) is 14.8 Å². The topological polar surface area (TPSA) is 36.9 Å². The van der Waals surface area contributed by atoms with Gasteiger partial charge in [-0.3, -0.25) is 4.57 Å². The molecule has 1 aromatic heterocycles. The van der Waals surface area contributed by atoms with Crippen LogP contribution in [0.1, 0.15) is 38.1 Å². The van der Waals surface area contributed by atoms with Crippen LogP contribution in [0.25, 0.3) is 0 Å². The van der Waals surface area contributed by atoms with Crippen molar-refractivity contribution in [3.8, 4) is 0 Å². The third-order valence-corrected chi connectivity index (χ3v) is 4.89. The molecule has 3 fully saturated rings. The fraction of sp³-hybridized carbons (Fsp3) is 0.833. The number of nitrogens with zero attached hydrogens (tertiary/aromatic N) is 3. The highest BCUT2D eigenvalue weighted by Gasteiger charge is 2.39. The van der Waals surface area contributed by atoms with Crippen LogP contribution in [0.15, 0.2) is 0 Å². The van der Waals surface area contributed by atoms with Gasteiger partial charge in [0.15, 0.2) is 4.77 Å². The van der Waals surface area contributed by atoms with E-state index in [1.165, 1.54) is 45.2 Å². The summed E-state index contributed by atoms with van der Waals surface area (Å²) in [5.74, 6) is 2.92. The van der Waals surface area contributed by atoms with Crippen LogP contribution < -0.4 is 4.90 Å². The van der Waals surface area contributed by atoms with Crippen LogP contribution in [0.2, 0.25) is 0 Å². The quantitative estimate of drug-likeness (QED) is 0.819. The number of hydrogen-bond donors (Lipinski definition) is 1. The molecule has 1 aromatic rings. The fourth-order valence-corrected chi connectivity index (χ4v) is 3.86. The van der Waals surface area contributed by atoms with Gasteiger partial charge in [0.2, 0.25) is 5.95 Å². The van der Waals surface area contributed by atoms with Crippen molar-refractivity contribution in [1.29, 1.82) is 0 Å². The van der Waals surface area contributed by atoms with Crippen molar-refractivity contribution in [2.45, 2.75) is 38.1 Å². The lowest BCUT2D eigenvalue weighted by atomic mass is 10.0. The molecule has 4 nitrogen and oxygen atoms in total. The minimum Gasteiger partial charge on any atom is -0.340 e. The molecule has 3 aliphatic rings. The summed E-state index contributed by atoms with van der Waals surface area (Å²) in [6, 6.07) is 0.622. The van der Waals surface area contributed by atoms with Gasteiger partial charge in [-0.1, -0.05) is 6.42 Å². The van der Waals surface area contributed by atoms with E-state index in [-0.39, 0.29) is 0 Å². The number of H-pyrrole nitrogens is 1. The highest BCUT2D eigenvalue weighted by Crippen LogP contribution is 2.42. The lowest BCUT2D eigenvalue weighted by Crippen LogP contribution is -2.24. The van der Waals surface area contributed by atoms with Crippen molar-refractivity contribution in [3.63, 3.8) is 0 Å². The predicted octanol–water partition coefficient (Wildman–Crippen LogP) is 2.51. The van der Waals surface area contributed by atoms with E-state index in [0.29, 0.717) is 6.04 Å². The second kappa shape index (κ2) is 3.57. The number of aromatic nitrogens is 3. The van der Waals surface area contributed by atoms with E-state index in [1.807, 2.05) is 0 Å². The Labute approximate surface area is 106 Å². The summed E-state index contributed by atoms with van der Waals surface area (Å²) in [7, 11) is 0. The van der Waals surface area contributed by atoms with Gasteiger partial charge in [0.25, 0.3) is 0 Å². The SMILES string of the molecule is S=c1[nH]nc(N2CC3CCCC3C2)n1C1CC1. The molecule has 0 bridgehead atoms. The molecule has 1 saturated heterocycles. The van der Waals surface area contributed by atoms with E-state index >= 15 is 0 Å². The molecule has 1 N–H and O–H groups in total. The molecule has 0 amide bonds. The van der Waals surface area contributed by atoms with Crippen LogP contribution in [0.3, 0.4) is 0 Å². The molecule has 2 saturated carbocycles. The summed E-state index contributed by atoms with van der Waals surface area (Å²) in [6.45, 7) is 2.38. The molecule has 0 spiro atoms. The molecule has 5 heteroatoms. The summed E-state index contributed by atoms with van der Waals surface area (Å²) in [4.78, 5) is 2.46. The monoisotopic (exact) mass is 250 g/mol. The third-order valence-electron chi connectivity index (χ3n) is 4.61. The van der Waals surface area contributed by atoms with Gasteiger partial charge < -0.3 is 4.90 Å². The third kappa shape index (κ3) is 1.55. The Balaban J connectivity index is 1.65. The van der Waals surface area contributed by atoms with Gasteiger partial charge in [0.05, 0.1) is 0 Å². The van der Waals surface area contributed by atoms with Gasteiger partial charge in [-0.15, -0.1) is 5.10 Å². The van der Waals surface area contributed by atoms with E-state index in [1.54, 1.807) is 0 Å². The molecule has 2 aliphatic carbocycles. The van der Waals surface area contributed by atoms with Crippen molar-refractivity contribution < 1.29 is 0 Å². The summed E-state index contributed by atoms with van der Waals surface area (Å²) in [5, 5.41) is 7.43. The number of nitrogens with one attached hydrogen (secondary N) is 1. The van der Waals surface area contributed by atoms with Crippen molar-refractivity contribution in [2.24, 2.45) is 11.8 Å². The van der Waals surface area contributed by atoms with Gasteiger partial charge >= 0.3 is 0 Å².